The fraction of sp³-hybridized carbons (Fsp3) is 0.429. The van der Waals surface area contributed by atoms with E-state index in [1.165, 1.54) is 0 Å². The van der Waals surface area contributed by atoms with E-state index in [2.05, 4.69) is 4.99 Å². The van der Waals surface area contributed by atoms with Crippen LogP contribution in [0.25, 0.3) is 0 Å². The Balaban J connectivity index is 3.09. The fourth-order valence-electron chi connectivity index (χ4n) is 1.70. The van der Waals surface area contributed by atoms with Crippen LogP contribution in [0.15, 0.2) is 23.2 Å². The van der Waals surface area contributed by atoms with Gasteiger partial charge in [0.15, 0.2) is 11.7 Å². The van der Waals surface area contributed by atoms with Crippen LogP contribution in [0.2, 0.25) is 0 Å². The minimum absolute atomic E-state index is 0.0557. The van der Waals surface area contributed by atoms with Gasteiger partial charge in [-0.05, 0) is 24.6 Å². The average molecular weight is 247 g/mol. The molecule has 18 heavy (non-hydrogen) atoms. The second kappa shape index (κ2) is 5.21. The van der Waals surface area contributed by atoms with Gasteiger partial charge in [-0.1, -0.05) is 32.4 Å². The highest BCUT2D eigenvalue weighted by Crippen LogP contribution is 2.22. The van der Waals surface area contributed by atoms with Crippen molar-refractivity contribution in [2.75, 3.05) is 0 Å². The molecule has 0 unspecified atom stereocenters. The molecule has 1 rings (SSSR count). The molecule has 0 fully saturated rings. The molecule has 4 N–H and O–H groups in total. The molecule has 0 aliphatic carbocycles. The maximum atomic E-state index is 12.2. The zero-order chi connectivity index (χ0) is 13.9. The summed E-state index contributed by atoms with van der Waals surface area (Å²) in [5.41, 5.74) is 12.9. The van der Waals surface area contributed by atoms with Gasteiger partial charge in [-0.2, -0.15) is 0 Å². The number of aliphatic imine (C=N–C) groups is 1. The summed E-state index contributed by atoms with van der Waals surface area (Å²) in [7, 11) is 0. The molecule has 98 valence electrons. The number of nitrogens with two attached hydrogens (primary N) is 2. The maximum Gasteiger partial charge on any atom is 0.186 e. The molecule has 1 aromatic carbocycles. The first-order valence-electron chi connectivity index (χ1n) is 5.91. The van der Waals surface area contributed by atoms with Gasteiger partial charge in [0.25, 0.3) is 0 Å². The van der Waals surface area contributed by atoms with Gasteiger partial charge < -0.3 is 11.5 Å². The predicted octanol–water partition coefficient (Wildman–Crippen LogP) is 2.00. The summed E-state index contributed by atoms with van der Waals surface area (Å²) in [6, 6.07) is 5.73. The van der Waals surface area contributed by atoms with Gasteiger partial charge in [-0.3, -0.25) is 4.79 Å². The van der Waals surface area contributed by atoms with Crippen LogP contribution in [0.3, 0.4) is 0 Å². The lowest BCUT2D eigenvalue weighted by atomic mass is 9.85. The van der Waals surface area contributed by atoms with E-state index in [9.17, 15) is 4.79 Å². The van der Waals surface area contributed by atoms with Gasteiger partial charge in [0.05, 0.1) is 6.54 Å². The van der Waals surface area contributed by atoms with Crippen LogP contribution in [-0.2, 0) is 6.54 Å². The number of carbonyl (C=O) groups excluding carboxylic acids is 1. The molecule has 0 aliphatic rings. The lowest BCUT2D eigenvalue weighted by molar-refractivity contribution is 0.0858. The standard InChI is InChI=1S/C14H21N3O/c1-9-5-10(8-17-13(15)16)7-11(6-9)12(18)14(2,3)4/h5-7H,8H2,1-4H3,(H4,15,16,17). The fourth-order valence-corrected chi connectivity index (χ4v) is 1.70. The molecule has 0 aliphatic heterocycles. The molecule has 0 amide bonds. The molecule has 0 spiro atoms. The summed E-state index contributed by atoms with van der Waals surface area (Å²) in [5.74, 6) is 0.178. The van der Waals surface area contributed by atoms with Crippen molar-refractivity contribution in [2.45, 2.75) is 34.2 Å². The predicted molar refractivity (Wildman–Crippen MR) is 74.5 cm³/mol. The maximum absolute atomic E-state index is 12.2. The van der Waals surface area contributed by atoms with Crippen molar-refractivity contribution in [3.8, 4) is 0 Å². The van der Waals surface area contributed by atoms with Crippen LogP contribution < -0.4 is 11.5 Å². The molecule has 0 saturated heterocycles. The van der Waals surface area contributed by atoms with Crippen molar-refractivity contribution in [3.05, 3.63) is 34.9 Å². The van der Waals surface area contributed by atoms with Gasteiger partial charge in [0.1, 0.15) is 0 Å². The number of carbonyl (C=O) groups is 1. The van der Waals surface area contributed by atoms with Gasteiger partial charge in [-0.25, -0.2) is 4.99 Å². The van der Waals surface area contributed by atoms with E-state index in [1.807, 2.05) is 45.9 Å². The van der Waals surface area contributed by atoms with Crippen LogP contribution in [-0.4, -0.2) is 11.7 Å². The Kier molecular flexibility index (Phi) is 4.11. The zero-order valence-corrected chi connectivity index (χ0v) is 11.4. The average Bonchev–Trinajstić information content (AvgIpc) is 2.23. The van der Waals surface area contributed by atoms with Crippen molar-refractivity contribution < 1.29 is 4.79 Å². The number of guanidine groups is 1. The Hall–Kier alpha value is -1.84. The van der Waals surface area contributed by atoms with Crippen LogP contribution >= 0.6 is 0 Å². The van der Waals surface area contributed by atoms with Crippen molar-refractivity contribution in [3.63, 3.8) is 0 Å². The Labute approximate surface area is 108 Å². The van der Waals surface area contributed by atoms with Crippen LogP contribution in [0.5, 0.6) is 0 Å². The number of aryl methyl sites for hydroxylation is 1. The molecular weight excluding hydrogens is 226 g/mol. The summed E-state index contributed by atoms with van der Waals surface area (Å²) in [6.07, 6.45) is 0. The van der Waals surface area contributed by atoms with E-state index in [4.69, 9.17) is 11.5 Å². The Morgan fingerprint density at radius 1 is 1.22 bits per heavy atom. The molecule has 0 heterocycles. The van der Waals surface area contributed by atoms with E-state index < -0.39 is 0 Å². The van der Waals surface area contributed by atoms with Crippen molar-refractivity contribution in [1.82, 2.24) is 0 Å². The monoisotopic (exact) mass is 247 g/mol. The highest BCUT2D eigenvalue weighted by atomic mass is 16.1. The van der Waals surface area contributed by atoms with Crippen molar-refractivity contribution >= 4 is 11.7 Å². The van der Waals surface area contributed by atoms with E-state index >= 15 is 0 Å². The third-order valence-corrected chi connectivity index (χ3v) is 2.52. The van der Waals surface area contributed by atoms with E-state index in [0.717, 1.165) is 11.1 Å². The summed E-state index contributed by atoms with van der Waals surface area (Å²) < 4.78 is 0. The Morgan fingerprint density at radius 2 is 1.83 bits per heavy atom. The topological polar surface area (TPSA) is 81.5 Å². The summed E-state index contributed by atoms with van der Waals surface area (Å²) >= 11 is 0. The minimum atomic E-state index is -0.388. The number of hydrogen-bond donors (Lipinski definition) is 2. The molecule has 0 radical (unpaired) electrons. The van der Waals surface area contributed by atoms with Gasteiger partial charge in [-0.15, -0.1) is 0 Å². The quantitative estimate of drug-likeness (QED) is 0.487. The summed E-state index contributed by atoms with van der Waals surface area (Å²) in [5, 5.41) is 0. The SMILES string of the molecule is Cc1cc(CN=C(N)N)cc(C(=O)C(C)(C)C)c1. The normalized spacial score (nSPS) is 11.1. The first kappa shape index (κ1) is 14.2. The van der Waals surface area contributed by atoms with E-state index in [1.54, 1.807) is 0 Å². The first-order chi connectivity index (χ1) is 8.20. The molecule has 0 bridgehead atoms. The lowest BCUT2D eigenvalue weighted by Crippen LogP contribution is -2.23. The molecular formula is C14H21N3O. The van der Waals surface area contributed by atoms with Gasteiger partial charge in [0.2, 0.25) is 0 Å². The lowest BCUT2D eigenvalue weighted by Gasteiger charge is -2.17. The van der Waals surface area contributed by atoms with Crippen molar-refractivity contribution in [2.24, 2.45) is 21.9 Å². The summed E-state index contributed by atoms with van der Waals surface area (Å²) in [6.45, 7) is 8.08. The molecule has 1 aromatic rings. The Bertz CT molecular complexity index is 480. The number of ketones is 1. The number of rotatable bonds is 3. The number of nitrogens with zero attached hydrogens (tertiary/aromatic N) is 1. The van der Waals surface area contributed by atoms with E-state index in [0.29, 0.717) is 12.1 Å². The molecule has 4 nitrogen and oxygen atoms in total. The largest absolute Gasteiger partial charge is 0.370 e. The molecule has 0 aromatic heterocycles. The molecule has 0 atom stereocenters. The molecule has 0 saturated carbocycles. The highest BCUT2D eigenvalue weighted by molar-refractivity contribution is 6.00. The number of Topliss-reactive ketones (excluding diaryl/α,β-unsaturated/α-hetero) is 1. The van der Waals surface area contributed by atoms with Crippen LogP contribution in [0.4, 0.5) is 0 Å². The first-order valence-corrected chi connectivity index (χ1v) is 5.91. The zero-order valence-electron chi connectivity index (χ0n) is 11.4. The number of hydrogen-bond acceptors (Lipinski definition) is 2. The third-order valence-electron chi connectivity index (χ3n) is 2.52. The van der Waals surface area contributed by atoms with Gasteiger partial charge >= 0.3 is 0 Å². The third kappa shape index (κ3) is 3.87. The minimum Gasteiger partial charge on any atom is -0.370 e. The smallest absolute Gasteiger partial charge is 0.186 e. The Morgan fingerprint density at radius 3 is 2.33 bits per heavy atom. The highest BCUT2D eigenvalue weighted by Gasteiger charge is 2.23. The number of benzene rings is 1. The van der Waals surface area contributed by atoms with Crippen molar-refractivity contribution in [1.29, 1.82) is 0 Å². The molecule has 4 heteroatoms. The van der Waals surface area contributed by atoms with E-state index in [-0.39, 0.29) is 17.2 Å². The second-order valence-electron chi connectivity index (χ2n) is 5.53. The van der Waals surface area contributed by atoms with Gasteiger partial charge in [0, 0.05) is 11.0 Å². The van der Waals surface area contributed by atoms with Crippen LogP contribution in [0, 0.1) is 12.3 Å². The van der Waals surface area contributed by atoms with Crippen LogP contribution in [0.1, 0.15) is 42.3 Å². The summed E-state index contributed by atoms with van der Waals surface area (Å²) in [4.78, 5) is 16.2. The second-order valence-corrected chi connectivity index (χ2v) is 5.53.